The van der Waals surface area contributed by atoms with Gasteiger partial charge in [-0.15, -0.1) is 0 Å². The van der Waals surface area contributed by atoms with Gasteiger partial charge in [-0.1, -0.05) is 13.3 Å². The maximum absolute atomic E-state index is 9.96. The van der Waals surface area contributed by atoms with Gasteiger partial charge in [0.05, 0.1) is 12.2 Å². The minimum Gasteiger partial charge on any atom is -0.393 e. The summed E-state index contributed by atoms with van der Waals surface area (Å²) < 4.78 is 0. The van der Waals surface area contributed by atoms with Crippen molar-refractivity contribution in [1.29, 1.82) is 0 Å². The smallest absolute Gasteiger partial charge is 0.0646 e. The standard InChI is InChI=1S/C10H18O2/c1-10-5-2-3-7(9(10)12)8(11)4-6-10/h7-9,11-12H,2-6H2,1H3/t7-,8+,9+,10+/m0/s1. The zero-order valence-corrected chi connectivity index (χ0v) is 7.66. The SMILES string of the molecule is C[C@@]12CCC[C@@H]([C@H](O)CC1)[C@H]2O. The molecule has 0 heterocycles. The van der Waals surface area contributed by atoms with E-state index < -0.39 is 0 Å². The second kappa shape index (κ2) is 2.71. The summed E-state index contributed by atoms with van der Waals surface area (Å²) in [4.78, 5) is 0. The Balaban J connectivity index is 2.19. The Morgan fingerprint density at radius 1 is 1.17 bits per heavy atom. The number of rotatable bonds is 0. The van der Waals surface area contributed by atoms with Gasteiger partial charge in [-0.05, 0) is 31.1 Å². The zero-order valence-electron chi connectivity index (χ0n) is 7.66. The average molecular weight is 170 g/mol. The van der Waals surface area contributed by atoms with Crippen LogP contribution in [-0.4, -0.2) is 22.4 Å². The number of aliphatic hydroxyl groups is 2. The predicted molar refractivity (Wildman–Crippen MR) is 46.7 cm³/mol. The van der Waals surface area contributed by atoms with E-state index in [2.05, 4.69) is 6.92 Å². The van der Waals surface area contributed by atoms with E-state index in [0.29, 0.717) is 0 Å². The van der Waals surface area contributed by atoms with Crippen molar-refractivity contribution in [3.05, 3.63) is 0 Å². The van der Waals surface area contributed by atoms with Gasteiger partial charge in [0, 0.05) is 5.92 Å². The molecule has 0 aromatic rings. The summed E-state index contributed by atoms with van der Waals surface area (Å²) >= 11 is 0. The van der Waals surface area contributed by atoms with Gasteiger partial charge in [0.2, 0.25) is 0 Å². The first-order valence-corrected chi connectivity index (χ1v) is 5.00. The number of aliphatic hydroxyl groups excluding tert-OH is 2. The number of hydrogen-bond acceptors (Lipinski definition) is 2. The van der Waals surface area contributed by atoms with Crippen LogP contribution in [0, 0.1) is 11.3 Å². The normalized spacial score (nSPS) is 53.8. The first kappa shape index (κ1) is 8.52. The first-order valence-electron chi connectivity index (χ1n) is 5.00. The molecule has 0 aromatic heterocycles. The van der Waals surface area contributed by atoms with Crippen LogP contribution in [0.2, 0.25) is 0 Å². The van der Waals surface area contributed by atoms with E-state index in [1.54, 1.807) is 0 Å². The third-order valence-electron chi connectivity index (χ3n) is 3.91. The van der Waals surface area contributed by atoms with E-state index in [9.17, 15) is 10.2 Å². The number of hydrogen-bond donors (Lipinski definition) is 2. The maximum atomic E-state index is 9.96. The molecule has 2 aliphatic carbocycles. The second-order valence-electron chi connectivity index (χ2n) is 4.76. The first-order chi connectivity index (χ1) is 5.63. The molecule has 2 bridgehead atoms. The van der Waals surface area contributed by atoms with Gasteiger partial charge in [-0.3, -0.25) is 0 Å². The Bertz CT molecular complexity index is 181. The Kier molecular flexibility index (Phi) is 1.92. The Labute approximate surface area is 73.6 Å². The summed E-state index contributed by atoms with van der Waals surface area (Å²) in [6, 6.07) is 0. The van der Waals surface area contributed by atoms with Crippen LogP contribution < -0.4 is 0 Å². The predicted octanol–water partition coefficient (Wildman–Crippen LogP) is 1.31. The lowest BCUT2D eigenvalue weighted by atomic mass is 9.60. The molecular weight excluding hydrogens is 152 g/mol. The summed E-state index contributed by atoms with van der Waals surface area (Å²) in [5, 5.41) is 19.6. The van der Waals surface area contributed by atoms with Gasteiger partial charge in [-0.25, -0.2) is 0 Å². The summed E-state index contributed by atoms with van der Waals surface area (Å²) in [6.07, 6.45) is 4.71. The minimum absolute atomic E-state index is 0.113. The largest absolute Gasteiger partial charge is 0.393 e. The topological polar surface area (TPSA) is 40.5 Å². The summed E-state index contributed by atoms with van der Waals surface area (Å²) in [6.45, 7) is 2.16. The van der Waals surface area contributed by atoms with Crippen molar-refractivity contribution in [2.75, 3.05) is 0 Å². The molecule has 0 aromatic carbocycles. The van der Waals surface area contributed by atoms with Crippen molar-refractivity contribution < 1.29 is 10.2 Å². The van der Waals surface area contributed by atoms with E-state index in [4.69, 9.17) is 0 Å². The Hall–Kier alpha value is -0.0800. The highest BCUT2D eigenvalue weighted by molar-refractivity contribution is 4.98. The van der Waals surface area contributed by atoms with Gasteiger partial charge >= 0.3 is 0 Å². The third-order valence-corrected chi connectivity index (χ3v) is 3.91. The summed E-state index contributed by atoms with van der Waals surface area (Å²) in [7, 11) is 0. The highest BCUT2D eigenvalue weighted by Crippen LogP contribution is 2.48. The van der Waals surface area contributed by atoms with Crippen LogP contribution in [0.25, 0.3) is 0 Å². The second-order valence-corrected chi connectivity index (χ2v) is 4.76. The van der Waals surface area contributed by atoms with Crippen molar-refractivity contribution in [1.82, 2.24) is 0 Å². The fourth-order valence-corrected chi connectivity index (χ4v) is 2.93. The lowest BCUT2D eigenvalue weighted by Crippen LogP contribution is -2.50. The highest BCUT2D eigenvalue weighted by Gasteiger charge is 2.47. The molecule has 0 unspecified atom stereocenters. The third kappa shape index (κ3) is 1.09. The van der Waals surface area contributed by atoms with Crippen molar-refractivity contribution >= 4 is 0 Å². The molecule has 2 aliphatic rings. The van der Waals surface area contributed by atoms with Gasteiger partial charge in [-0.2, -0.15) is 0 Å². The molecule has 2 rings (SSSR count). The molecule has 4 atom stereocenters. The molecule has 12 heavy (non-hydrogen) atoms. The summed E-state index contributed by atoms with van der Waals surface area (Å²) in [5.41, 5.74) is 0.113. The molecule has 0 aliphatic heterocycles. The van der Waals surface area contributed by atoms with E-state index >= 15 is 0 Å². The Morgan fingerprint density at radius 3 is 2.58 bits per heavy atom. The molecule has 2 nitrogen and oxygen atoms in total. The molecule has 0 radical (unpaired) electrons. The van der Waals surface area contributed by atoms with Crippen LogP contribution in [0.4, 0.5) is 0 Å². The van der Waals surface area contributed by atoms with E-state index in [-0.39, 0.29) is 23.5 Å². The van der Waals surface area contributed by atoms with E-state index in [0.717, 1.165) is 25.7 Å². The molecule has 2 saturated carbocycles. The van der Waals surface area contributed by atoms with E-state index in [1.165, 1.54) is 6.42 Å². The van der Waals surface area contributed by atoms with Crippen LogP contribution in [0.5, 0.6) is 0 Å². The van der Waals surface area contributed by atoms with Crippen molar-refractivity contribution in [2.45, 2.75) is 51.2 Å². The molecule has 2 N–H and O–H groups in total. The van der Waals surface area contributed by atoms with Gasteiger partial charge in [0.15, 0.2) is 0 Å². The molecule has 2 heteroatoms. The van der Waals surface area contributed by atoms with Gasteiger partial charge < -0.3 is 10.2 Å². The lowest BCUT2D eigenvalue weighted by molar-refractivity contribution is -0.125. The van der Waals surface area contributed by atoms with Crippen LogP contribution >= 0.6 is 0 Å². The fraction of sp³-hybridized carbons (Fsp3) is 1.00. The molecule has 70 valence electrons. The van der Waals surface area contributed by atoms with Crippen molar-refractivity contribution in [2.24, 2.45) is 11.3 Å². The quantitative estimate of drug-likeness (QED) is 0.575. The molecule has 2 fully saturated rings. The van der Waals surface area contributed by atoms with Crippen molar-refractivity contribution in [3.63, 3.8) is 0 Å². The summed E-state index contributed by atoms with van der Waals surface area (Å²) in [5.74, 6) is 0.164. The zero-order chi connectivity index (χ0) is 8.77. The molecule has 0 saturated heterocycles. The number of fused-ring (bicyclic) bond motifs is 2. The highest BCUT2D eigenvalue weighted by atomic mass is 16.3. The molecule has 0 spiro atoms. The lowest BCUT2D eigenvalue weighted by Gasteiger charge is -2.49. The van der Waals surface area contributed by atoms with Crippen LogP contribution in [0.1, 0.15) is 39.0 Å². The van der Waals surface area contributed by atoms with Crippen LogP contribution in [0.3, 0.4) is 0 Å². The monoisotopic (exact) mass is 170 g/mol. The fourth-order valence-electron chi connectivity index (χ4n) is 2.93. The van der Waals surface area contributed by atoms with Gasteiger partial charge in [0.1, 0.15) is 0 Å². The van der Waals surface area contributed by atoms with Crippen LogP contribution in [0.15, 0.2) is 0 Å². The Morgan fingerprint density at radius 2 is 1.92 bits per heavy atom. The van der Waals surface area contributed by atoms with Gasteiger partial charge in [0.25, 0.3) is 0 Å². The van der Waals surface area contributed by atoms with Crippen LogP contribution in [-0.2, 0) is 0 Å². The molecule has 0 amide bonds. The minimum atomic E-state index is -0.255. The van der Waals surface area contributed by atoms with Crippen molar-refractivity contribution in [3.8, 4) is 0 Å². The average Bonchev–Trinajstić information content (AvgIpc) is 2.03. The molecular formula is C10H18O2. The maximum Gasteiger partial charge on any atom is 0.0646 e. The van der Waals surface area contributed by atoms with E-state index in [1.807, 2.05) is 0 Å².